The second-order valence-corrected chi connectivity index (χ2v) is 7.58. The van der Waals surface area contributed by atoms with Crippen molar-refractivity contribution in [1.82, 2.24) is 9.97 Å². The highest BCUT2D eigenvalue weighted by Gasteiger charge is 2.10. The predicted molar refractivity (Wildman–Crippen MR) is 113 cm³/mol. The first kappa shape index (κ1) is 18.4. The highest BCUT2D eigenvalue weighted by Crippen LogP contribution is 2.29. The van der Waals surface area contributed by atoms with Crippen LogP contribution in [0.2, 0.25) is 5.02 Å². The molecular weight excluding hydrogens is 394 g/mol. The lowest BCUT2D eigenvalue weighted by Gasteiger charge is -2.10. The largest absolute Gasteiger partial charge is 0.481 e. The Kier molecular flexibility index (Phi) is 5.23. The van der Waals surface area contributed by atoms with Gasteiger partial charge in [0.05, 0.1) is 15.7 Å². The number of aryl methyl sites for hydroxylation is 1. The number of benzene rings is 2. The molecule has 0 spiro atoms. The molecule has 2 heterocycles. The molecule has 7 heteroatoms. The molecule has 0 fully saturated rings. The van der Waals surface area contributed by atoms with Crippen LogP contribution in [0.1, 0.15) is 5.01 Å². The number of aromatic nitrogens is 2. The van der Waals surface area contributed by atoms with Crippen LogP contribution in [-0.4, -0.2) is 22.5 Å². The Morgan fingerprint density at radius 3 is 2.75 bits per heavy atom. The monoisotopic (exact) mass is 409 g/mol. The van der Waals surface area contributed by atoms with Gasteiger partial charge in [0.25, 0.3) is 5.91 Å². The molecule has 5 nitrogen and oxygen atoms in total. The maximum Gasteiger partial charge on any atom is 0.262 e. The fourth-order valence-electron chi connectivity index (χ4n) is 2.79. The average molecular weight is 410 g/mol. The Bertz CT molecular complexity index is 1140. The molecule has 1 amide bonds. The van der Waals surface area contributed by atoms with Crippen LogP contribution < -0.4 is 10.1 Å². The minimum atomic E-state index is -0.253. The molecule has 4 rings (SSSR count). The topological polar surface area (TPSA) is 64.1 Å². The van der Waals surface area contributed by atoms with E-state index in [0.29, 0.717) is 22.0 Å². The molecule has 0 aliphatic carbocycles. The van der Waals surface area contributed by atoms with Crippen molar-refractivity contribution in [3.63, 3.8) is 0 Å². The zero-order valence-electron chi connectivity index (χ0n) is 15.0. The van der Waals surface area contributed by atoms with Gasteiger partial charge >= 0.3 is 0 Å². The van der Waals surface area contributed by atoms with Gasteiger partial charge in [-0.05, 0) is 43.3 Å². The fourth-order valence-corrected chi connectivity index (χ4v) is 3.63. The molecule has 0 unspecified atom stereocenters. The molecule has 2 aromatic heterocycles. The maximum absolute atomic E-state index is 12.3. The molecule has 4 aromatic rings. The lowest BCUT2D eigenvalue weighted by molar-refractivity contribution is -0.118. The summed E-state index contributed by atoms with van der Waals surface area (Å²) in [6, 6.07) is 14.7. The number of fused-ring (bicyclic) bond motifs is 1. The van der Waals surface area contributed by atoms with E-state index in [1.165, 1.54) is 0 Å². The summed E-state index contributed by atoms with van der Waals surface area (Å²) in [7, 11) is 0. The molecule has 0 saturated carbocycles. The quantitative estimate of drug-likeness (QED) is 0.483. The molecule has 0 bridgehead atoms. The predicted octanol–water partition coefficient (Wildman–Crippen LogP) is 5.34. The van der Waals surface area contributed by atoms with E-state index < -0.39 is 0 Å². The Balaban J connectivity index is 1.41. The molecule has 140 valence electrons. The Labute approximate surface area is 171 Å². The van der Waals surface area contributed by atoms with Gasteiger partial charge in [-0.2, -0.15) is 0 Å². The number of amides is 1. The van der Waals surface area contributed by atoms with Crippen molar-refractivity contribution in [1.29, 1.82) is 0 Å². The Morgan fingerprint density at radius 2 is 2.00 bits per heavy atom. The summed E-state index contributed by atoms with van der Waals surface area (Å²) in [4.78, 5) is 21.0. The van der Waals surface area contributed by atoms with E-state index in [2.05, 4.69) is 15.3 Å². The number of nitrogens with one attached hydrogen (secondary N) is 1. The van der Waals surface area contributed by atoms with Crippen LogP contribution >= 0.6 is 22.9 Å². The summed E-state index contributed by atoms with van der Waals surface area (Å²) in [6.07, 6.45) is 1.66. The number of anilines is 1. The number of nitrogens with zero attached hydrogens (tertiary/aromatic N) is 2. The van der Waals surface area contributed by atoms with Gasteiger partial charge in [-0.15, -0.1) is 11.3 Å². The number of pyridine rings is 1. The Hall–Kier alpha value is -2.96. The number of hydrogen-bond donors (Lipinski definition) is 1. The van der Waals surface area contributed by atoms with Crippen molar-refractivity contribution >= 4 is 45.4 Å². The highest BCUT2D eigenvalue weighted by atomic mass is 35.5. The standard InChI is InChI=1S/C21H16ClN3O2S/c1-13-24-18(12-28-13)14-4-6-15(7-5-14)25-20(26)11-27-19-9-8-17(22)16-3-2-10-23-21(16)19/h2-10,12H,11H2,1H3,(H,25,26). The first-order valence-corrected chi connectivity index (χ1v) is 9.84. The van der Waals surface area contributed by atoms with E-state index in [4.69, 9.17) is 16.3 Å². The molecule has 28 heavy (non-hydrogen) atoms. The van der Waals surface area contributed by atoms with Crippen molar-refractivity contribution in [3.8, 4) is 17.0 Å². The van der Waals surface area contributed by atoms with Crippen LogP contribution in [0.3, 0.4) is 0 Å². The van der Waals surface area contributed by atoms with Gasteiger partial charge in [0.2, 0.25) is 0 Å². The summed E-state index contributed by atoms with van der Waals surface area (Å²) in [5.41, 5.74) is 3.28. The first-order valence-electron chi connectivity index (χ1n) is 8.58. The van der Waals surface area contributed by atoms with Crippen molar-refractivity contribution in [2.45, 2.75) is 6.92 Å². The molecular formula is C21H16ClN3O2S. The van der Waals surface area contributed by atoms with E-state index in [-0.39, 0.29) is 12.5 Å². The fraction of sp³-hybridized carbons (Fsp3) is 0.0952. The number of thiazole rings is 1. The molecule has 0 atom stereocenters. The van der Waals surface area contributed by atoms with Crippen molar-refractivity contribution in [3.05, 3.63) is 70.1 Å². The SMILES string of the molecule is Cc1nc(-c2ccc(NC(=O)COc3ccc(Cl)c4cccnc34)cc2)cs1. The lowest BCUT2D eigenvalue weighted by Crippen LogP contribution is -2.20. The third-order valence-corrected chi connectivity index (χ3v) is 5.22. The molecule has 0 aliphatic heterocycles. The van der Waals surface area contributed by atoms with E-state index in [1.54, 1.807) is 35.7 Å². The summed E-state index contributed by atoms with van der Waals surface area (Å²) >= 11 is 7.79. The first-order chi connectivity index (χ1) is 13.6. The van der Waals surface area contributed by atoms with Crippen molar-refractivity contribution in [2.24, 2.45) is 0 Å². The summed E-state index contributed by atoms with van der Waals surface area (Å²) in [6.45, 7) is 1.85. The van der Waals surface area contributed by atoms with Crippen LogP contribution in [0.5, 0.6) is 5.75 Å². The van der Waals surface area contributed by atoms with Gasteiger partial charge in [0.1, 0.15) is 11.3 Å². The van der Waals surface area contributed by atoms with Crippen LogP contribution in [-0.2, 0) is 4.79 Å². The second-order valence-electron chi connectivity index (χ2n) is 6.11. The van der Waals surface area contributed by atoms with Gasteiger partial charge in [0, 0.05) is 28.2 Å². The highest BCUT2D eigenvalue weighted by molar-refractivity contribution is 7.09. The van der Waals surface area contributed by atoms with E-state index >= 15 is 0 Å². The van der Waals surface area contributed by atoms with E-state index in [0.717, 1.165) is 21.7 Å². The summed E-state index contributed by atoms with van der Waals surface area (Å²) in [5, 5.41) is 7.24. The van der Waals surface area contributed by atoms with E-state index in [9.17, 15) is 4.79 Å². The number of carbonyl (C=O) groups excluding carboxylic acids is 1. The van der Waals surface area contributed by atoms with Crippen LogP contribution in [0.25, 0.3) is 22.2 Å². The lowest BCUT2D eigenvalue weighted by atomic mass is 10.1. The molecule has 0 radical (unpaired) electrons. The van der Waals surface area contributed by atoms with Crippen LogP contribution in [0, 0.1) is 6.92 Å². The smallest absolute Gasteiger partial charge is 0.262 e. The second kappa shape index (κ2) is 7.96. The normalized spacial score (nSPS) is 10.8. The summed E-state index contributed by atoms with van der Waals surface area (Å²) in [5.74, 6) is 0.265. The Morgan fingerprint density at radius 1 is 1.18 bits per heavy atom. The molecule has 2 aromatic carbocycles. The van der Waals surface area contributed by atoms with Gasteiger partial charge < -0.3 is 10.1 Å². The van der Waals surface area contributed by atoms with Crippen molar-refractivity contribution < 1.29 is 9.53 Å². The number of rotatable bonds is 5. The van der Waals surface area contributed by atoms with Crippen LogP contribution in [0.15, 0.2) is 60.1 Å². The maximum atomic E-state index is 12.3. The molecule has 1 N–H and O–H groups in total. The molecule has 0 aliphatic rings. The number of ether oxygens (including phenoxy) is 1. The number of hydrogen-bond acceptors (Lipinski definition) is 5. The van der Waals surface area contributed by atoms with Gasteiger partial charge in [0.15, 0.2) is 6.61 Å². The van der Waals surface area contributed by atoms with E-state index in [1.807, 2.05) is 42.6 Å². The average Bonchev–Trinajstić information content (AvgIpc) is 3.15. The van der Waals surface area contributed by atoms with Crippen LogP contribution in [0.4, 0.5) is 5.69 Å². The van der Waals surface area contributed by atoms with Gasteiger partial charge in [-0.3, -0.25) is 9.78 Å². The zero-order valence-corrected chi connectivity index (χ0v) is 16.6. The number of halogens is 1. The third kappa shape index (κ3) is 3.98. The molecule has 0 saturated heterocycles. The number of carbonyl (C=O) groups is 1. The minimum absolute atomic E-state index is 0.125. The minimum Gasteiger partial charge on any atom is -0.481 e. The third-order valence-electron chi connectivity index (χ3n) is 4.12. The van der Waals surface area contributed by atoms with Gasteiger partial charge in [-0.25, -0.2) is 4.98 Å². The van der Waals surface area contributed by atoms with Gasteiger partial charge in [-0.1, -0.05) is 23.7 Å². The van der Waals surface area contributed by atoms with Crippen molar-refractivity contribution in [2.75, 3.05) is 11.9 Å². The summed E-state index contributed by atoms with van der Waals surface area (Å²) < 4.78 is 5.66. The zero-order chi connectivity index (χ0) is 19.5.